The van der Waals surface area contributed by atoms with Crippen LogP contribution in [-0.4, -0.2) is 29.7 Å². The Morgan fingerprint density at radius 3 is 2.45 bits per heavy atom. The molecule has 66 valence electrons. The Bertz CT molecular complexity index is 132. The molecule has 1 fully saturated rings. The van der Waals surface area contributed by atoms with Crippen LogP contribution in [0.4, 0.5) is 4.39 Å². The van der Waals surface area contributed by atoms with Crippen molar-refractivity contribution in [2.24, 2.45) is 0 Å². The number of alkyl halides is 1. The van der Waals surface area contributed by atoms with Gasteiger partial charge < -0.3 is 0 Å². The van der Waals surface area contributed by atoms with E-state index in [-0.39, 0.29) is 0 Å². The van der Waals surface area contributed by atoms with Crippen LogP contribution in [0.3, 0.4) is 0 Å². The fraction of sp³-hybridized carbons (Fsp3) is 1.00. The van der Waals surface area contributed by atoms with Crippen LogP contribution in [0.2, 0.25) is 0 Å². The van der Waals surface area contributed by atoms with Gasteiger partial charge in [0.2, 0.25) is 0 Å². The Hall–Kier alpha value is -0.110. The molecule has 1 atom stereocenters. The van der Waals surface area contributed by atoms with Crippen molar-refractivity contribution in [3.8, 4) is 0 Å². The summed E-state index contributed by atoms with van der Waals surface area (Å²) >= 11 is 0. The van der Waals surface area contributed by atoms with Gasteiger partial charge in [-0.25, -0.2) is 4.39 Å². The van der Waals surface area contributed by atoms with E-state index in [1.807, 2.05) is 0 Å². The van der Waals surface area contributed by atoms with Gasteiger partial charge in [0.25, 0.3) is 0 Å². The quantitative estimate of drug-likeness (QED) is 0.610. The summed E-state index contributed by atoms with van der Waals surface area (Å²) in [5, 5.41) is 0. The van der Waals surface area contributed by atoms with Gasteiger partial charge in [-0.15, -0.1) is 0 Å². The Balaban J connectivity index is 2.18. The van der Waals surface area contributed by atoms with Crippen LogP contribution >= 0.6 is 0 Å². The summed E-state index contributed by atoms with van der Waals surface area (Å²) in [7, 11) is 0. The molecule has 0 amide bonds. The van der Waals surface area contributed by atoms with Gasteiger partial charge in [-0.3, -0.25) is 4.90 Å². The molecule has 1 saturated heterocycles. The summed E-state index contributed by atoms with van der Waals surface area (Å²) < 4.78 is 12.4. The summed E-state index contributed by atoms with van der Waals surface area (Å²) in [6.07, 6.45) is 1.29. The second kappa shape index (κ2) is 3.10. The Labute approximate surface area is 68.6 Å². The highest BCUT2D eigenvalue weighted by molar-refractivity contribution is 4.91. The first-order valence-electron chi connectivity index (χ1n) is 4.41. The van der Waals surface area contributed by atoms with Crippen LogP contribution in [0.1, 0.15) is 33.6 Å². The van der Waals surface area contributed by atoms with Crippen molar-refractivity contribution in [2.75, 3.05) is 13.1 Å². The molecule has 1 unspecified atom stereocenters. The molecule has 0 N–H and O–H groups in total. The zero-order valence-electron chi connectivity index (χ0n) is 7.73. The molecule has 1 aliphatic rings. The highest BCUT2D eigenvalue weighted by Gasteiger charge is 2.34. The molecular formula is C9H18FN. The predicted molar refractivity (Wildman–Crippen MR) is 45.5 cm³/mol. The van der Waals surface area contributed by atoms with E-state index in [2.05, 4.69) is 18.7 Å². The summed E-state index contributed by atoms with van der Waals surface area (Å²) in [6.45, 7) is 8.15. The van der Waals surface area contributed by atoms with Gasteiger partial charge in [0, 0.05) is 18.6 Å². The zero-order chi connectivity index (χ0) is 8.48. The van der Waals surface area contributed by atoms with Crippen LogP contribution in [0.15, 0.2) is 0 Å². The van der Waals surface area contributed by atoms with E-state index in [1.54, 1.807) is 6.92 Å². The summed E-state index contributed by atoms with van der Waals surface area (Å²) in [5.74, 6) is 0. The van der Waals surface area contributed by atoms with E-state index in [0.29, 0.717) is 12.0 Å². The molecule has 1 heterocycles. The van der Waals surface area contributed by atoms with Crippen LogP contribution < -0.4 is 0 Å². The Morgan fingerprint density at radius 2 is 2.18 bits per heavy atom. The maximum Gasteiger partial charge on any atom is 0.0985 e. The van der Waals surface area contributed by atoms with Gasteiger partial charge >= 0.3 is 0 Å². The smallest absolute Gasteiger partial charge is 0.0985 e. The van der Waals surface area contributed by atoms with Crippen LogP contribution in [-0.2, 0) is 0 Å². The molecule has 0 aromatic rings. The molecular weight excluding hydrogens is 141 g/mol. The van der Waals surface area contributed by atoms with E-state index in [9.17, 15) is 4.39 Å². The molecule has 0 aromatic heterocycles. The molecule has 1 nitrogen and oxygen atoms in total. The van der Waals surface area contributed by atoms with Crippen molar-refractivity contribution in [1.82, 2.24) is 4.90 Å². The number of halogens is 1. The van der Waals surface area contributed by atoms with Gasteiger partial charge in [0.15, 0.2) is 0 Å². The zero-order valence-corrected chi connectivity index (χ0v) is 7.73. The first-order chi connectivity index (χ1) is 5.02. The third kappa shape index (κ3) is 2.16. The maximum absolute atomic E-state index is 12.4. The summed E-state index contributed by atoms with van der Waals surface area (Å²) in [4.78, 5) is 2.35. The van der Waals surface area contributed by atoms with Crippen molar-refractivity contribution in [2.45, 2.75) is 45.3 Å². The second-order valence-electron chi connectivity index (χ2n) is 4.12. The number of hydrogen-bond acceptors (Lipinski definition) is 1. The number of rotatable bonds is 3. The maximum atomic E-state index is 12.4. The minimum atomic E-state index is -0.647. The largest absolute Gasteiger partial charge is 0.298 e. The highest BCUT2D eigenvalue weighted by atomic mass is 19.1. The van der Waals surface area contributed by atoms with E-state index in [4.69, 9.17) is 0 Å². The van der Waals surface area contributed by atoms with Crippen molar-refractivity contribution in [3.05, 3.63) is 0 Å². The molecule has 2 heteroatoms. The van der Waals surface area contributed by atoms with E-state index in [0.717, 1.165) is 13.1 Å². The summed E-state index contributed by atoms with van der Waals surface area (Å²) in [5.41, 5.74) is 0.342. The number of likely N-dealkylation sites (tertiary alicyclic amines) is 1. The standard InChI is InChI=1S/C9H18FN/c1-8(10)4-6-11-7-5-9(11,2)3/h8H,4-7H2,1-3H3. The molecule has 1 rings (SSSR count). The first-order valence-corrected chi connectivity index (χ1v) is 4.41. The Morgan fingerprint density at radius 1 is 1.55 bits per heavy atom. The van der Waals surface area contributed by atoms with Crippen molar-refractivity contribution in [1.29, 1.82) is 0 Å². The molecule has 0 aliphatic carbocycles. The molecule has 0 radical (unpaired) electrons. The fourth-order valence-corrected chi connectivity index (χ4v) is 1.47. The van der Waals surface area contributed by atoms with Gasteiger partial charge in [0.05, 0.1) is 6.17 Å². The van der Waals surface area contributed by atoms with Gasteiger partial charge in [-0.05, 0) is 33.6 Å². The fourth-order valence-electron chi connectivity index (χ4n) is 1.47. The van der Waals surface area contributed by atoms with Gasteiger partial charge in [0.1, 0.15) is 0 Å². The minimum Gasteiger partial charge on any atom is -0.298 e. The third-order valence-corrected chi connectivity index (χ3v) is 2.65. The normalized spacial score (nSPS) is 26.2. The lowest BCUT2D eigenvalue weighted by molar-refractivity contribution is 0.0104. The molecule has 0 bridgehead atoms. The van der Waals surface area contributed by atoms with Crippen molar-refractivity contribution >= 4 is 0 Å². The molecule has 0 saturated carbocycles. The molecule has 0 aromatic carbocycles. The first kappa shape index (κ1) is 8.98. The van der Waals surface area contributed by atoms with E-state index in [1.165, 1.54) is 6.42 Å². The molecule has 0 spiro atoms. The molecule has 1 aliphatic heterocycles. The number of nitrogens with zero attached hydrogens (tertiary/aromatic N) is 1. The second-order valence-corrected chi connectivity index (χ2v) is 4.12. The average molecular weight is 159 g/mol. The topological polar surface area (TPSA) is 3.24 Å². The SMILES string of the molecule is CC(F)CCN1CCC1(C)C. The Kier molecular flexibility index (Phi) is 2.53. The minimum absolute atomic E-state index is 0.342. The van der Waals surface area contributed by atoms with Gasteiger partial charge in [-0.1, -0.05) is 0 Å². The third-order valence-electron chi connectivity index (χ3n) is 2.65. The summed E-state index contributed by atoms with van der Waals surface area (Å²) in [6, 6.07) is 0. The average Bonchev–Trinajstić information content (AvgIpc) is 1.85. The lowest BCUT2D eigenvalue weighted by Crippen LogP contribution is -2.56. The van der Waals surface area contributed by atoms with Gasteiger partial charge in [-0.2, -0.15) is 0 Å². The van der Waals surface area contributed by atoms with E-state index >= 15 is 0 Å². The van der Waals surface area contributed by atoms with Crippen LogP contribution in [0.25, 0.3) is 0 Å². The number of hydrogen-bond donors (Lipinski definition) is 0. The molecule has 11 heavy (non-hydrogen) atoms. The monoisotopic (exact) mass is 159 g/mol. The van der Waals surface area contributed by atoms with Crippen LogP contribution in [0, 0.1) is 0 Å². The van der Waals surface area contributed by atoms with Crippen LogP contribution in [0.5, 0.6) is 0 Å². The van der Waals surface area contributed by atoms with E-state index < -0.39 is 6.17 Å². The lowest BCUT2D eigenvalue weighted by Gasteiger charge is -2.48. The lowest BCUT2D eigenvalue weighted by atomic mass is 9.89. The predicted octanol–water partition coefficient (Wildman–Crippen LogP) is 2.22. The van der Waals surface area contributed by atoms with Crippen molar-refractivity contribution < 1.29 is 4.39 Å². The van der Waals surface area contributed by atoms with Crippen molar-refractivity contribution in [3.63, 3.8) is 0 Å². The highest BCUT2D eigenvalue weighted by Crippen LogP contribution is 2.29.